The number of cyclic esters (lactones) is 4. The summed E-state index contributed by atoms with van der Waals surface area (Å²) in [5.41, 5.74) is 0. The monoisotopic (exact) mass is 450 g/mol. The van der Waals surface area contributed by atoms with E-state index in [0.717, 1.165) is 38.5 Å². The molecule has 2 fully saturated rings. The van der Waals surface area contributed by atoms with Crippen LogP contribution >= 0.6 is 0 Å². The van der Waals surface area contributed by atoms with Crippen molar-refractivity contribution < 1.29 is 28.7 Å². The molecule has 6 nitrogen and oxygen atoms in total. The predicted molar refractivity (Wildman–Crippen MR) is 122 cm³/mol. The van der Waals surface area contributed by atoms with E-state index < -0.39 is 0 Å². The van der Waals surface area contributed by atoms with Crippen LogP contribution in [0, 0.1) is 11.8 Å². The van der Waals surface area contributed by atoms with Crippen molar-refractivity contribution >= 4 is 23.9 Å². The highest BCUT2D eigenvalue weighted by Crippen LogP contribution is 2.24. The Kier molecular flexibility index (Phi) is 13.2. The van der Waals surface area contributed by atoms with Gasteiger partial charge in [-0.2, -0.15) is 0 Å². The lowest BCUT2D eigenvalue weighted by Crippen LogP contribution is -2.06. The van der Waals surface area contributed by atoms with E-state index >= 15 is 0 Å². The minimum absolute atomic E-state index is 0.181. The molecule has 0 amide bonds. The van der Waals surface area contributed by atoms with E-state index in [1.165, 1.54) is 77.0 Å². The first-order valence-corrected chi connectivity index (χ1v) is 13.1. The standard InChI is InChI=1S/C26H42O6/c27-23-19-21(25(29)31-23)17-15-13-11-9-7-5-3-1-2-4-6-8-10-12-14-16-18-22-20-24(28)32-26(22)30/h21-22H,1-20H2. The Morgan fingerprint density at radius 3 is 0.906 bits per heavy atom. The summed E-state index contributed by atoms with van der Waals surface area (Å²) in [6, 6.07) is 0. The van der Waals surface area contributed by atoms with E-state index in [4.69, 9.17) is 0 Å². The largest absolute Gasteiger partial charge is 0.393 e. The maximum atomic E-state index is 11.4. The lowest BCUT2D eigenvalue weighted by molar-refractivity contribution is -0.155. The quantitative estimate of drug-likeness (QED) is 0.132. The number of esters is 4. The minimum Gasteiger partial charge on any atom is -0.393 e. The Morgan fingerprint density at radius 2 is 0.688 bits per heavy atom. The van der Waals surface area contributed by atoms with Crippen molar-refractivity contribution in [1.29, 1.82) is 0 Å². The zero-order valence-corrected chi connectivity index (χ0v) is 19.7. The summed E-state index contributed by atoms with van der Waals surface area (Å²) >= 11 is 0. The summed E-state index contributed by atoms with van der Waals surface area (Å²) in [5.74, 6) is -1.72. The average Bonchev–Trinajstić information content (AvgIpc) is 3.25. The third kappa shape index (κ3) is 11.2. The van der Waals surface area contributed by atoms with Gasteiger partial charge in [-0.3, -0.25) is 19.2 Å². The smallest absolute Gasteiger partial charge is 0.317 e. The van der Waals surface area contributed by atoms with E-state index in [2.05, 4.69) is 9.47 Å². The Hall–Kier alpha value is -1.72. The number of hydrogen-bond donors (Lipinski definition) is 0. The van der Waals surface area contributed by atoms with Gasteiger partial charge < -0.3 is 9.47 Å². The van der Waals surface area contributed by atoms with Gasteiger partial charge in [0, 0.05) is 0 Å². The maximum absolute atomic E-state index is 11.4. The van der Waals surface area contributed by atoms with Gasteiger partial charge in [-0.1, -0.05) is 103 Å². The van der Waals surface area contributed by atoms with Crippen LogP contribution in [0.2, 0.25) is 0 Å². The Morgan fingerprint density at radius 1 is 0.438 bits per heavy atom. The van der Waals surface area contributed by atoms with Crippen molar-refractivity contribution in [3.8, 4) is 0 Å². The van der Waals surface area contributed by atoms with E-state index in [-0.39, 0.29) is 48.6 Å². The molecule has 0 aromatic carbocycles. The van der Waals surface area contributed by atoms with Crippen LogP contribution in [-0.2, 0) is 28.7 Å². The summed E-state index contributed by atoms with van der Waals surface area (Å²) in [6.07, 6.45) is 22.1. The highest BCUT2D eigenvalue weighted by molar-refractivity contribution is 5.95. The molecule has 0 aromatic rings. The molecule has 6 heteroatoms. The number of carbonyl (C=O) groups excluding carboxylic acids is 4. The second-order valence-electron chi connectivity index (χ2n) is 9.62. The minimum atomic E-state index is -0.360. The van der Waals surface area contributed by atoms with Gasteiger partial charge in [0.2, 0.25) is 0 Å². The third-order valence-electron chi connectivity index (χ3n) is 6.78. The van der Waals surface area contributed by atoms with Crippen LogP contribution in [0.5, 0.6) is 0 Å². The van der Waals surface area contributed by atoms with Crippen molar-refractivity contribution in [1.82, 2.24) is 0 Å². The summed E-state index contributed by atoms with van der Waals surface area (Å²) in [7, 11) is 0. The molecule has 2 heterocycles. The number of rotatable bonds is 19. The van der Waals surface area contributed by atoms with Gasteiger partial charge in [-0.25, -0.2) is 0 Å². The van der Waals surface area contributed by atoms with Gasteiger partial charge in [0.15, 0.2) is 0 Å². The van der Waals surface area contributed by atoms with Crippen LogP contribution in [0.4, 0.5) is 0 Å². The molecule has 0 spiro atoms. The Bertz CT molecular complexity index is 547. The molecule has 2 aliphatic rings. The van der Waals surface area contributed by atoms with E-state index in [0.29, 0.717) is 0 Å². The van der Waals surface area contributed by atoms with Crippen molar-refractivity contribution in [3.63, 3.8) is 0 Å². The summed E-state index contributed by atoms with van der Waals surface area (Å²) in [6.45, 7) is 0. The molecule has 2 unspecified atom stereocenters. The van der Waals surface area contributed by atoms with E-state index in [9.17, 15) is 19.2 Å². The van der Waals surface area contributed by atoms with E-state index in [1.807, 2.05) is 0 Å². The first kappa shape index (κ1) is 26.5. The molecule has 2 saturated heterocycles. The van der Waals surface area contributed by atoms with Gasteiger partial charge in [-0.05, 0) is 12.8 Å². The molecule has 32 heavy (non-hydrogen) atoms. The molecule has 0 aliphatic carbocycles. The van der Waals surface area contributed by atoms with Crippen molar-refractivity contribution in [2.45, 2.75) is 128 Å². The topological polar surface area (TPSA) is 86.7 Å². The zero-order valence-electron chi connectivity index (χ0n) is 19.7. The van der Waals surface area contributed by atoms with Crippen LogP contribution in [0.1, 0.15) is 128 Å². The highest BCUT2D eigenvalue weighted by Gasteiger charge is 2.33. The maximum Gasteiger partial charge on any atom is 0.317 e. The normalized spacial score (nSPS) is 20.8. The zero-order chi connectivity index (χ0) is 23.0. The second kappa shape index (κ2) is 16.0. The fourth-order valence-corrected chi connectivity index (χ4v) is 4.74. The fourth-order valence-electron chi connectivity index (χ4n) is 4.74. The Labute approximate surface area is 193 Å². The van der Waals surface area contributed by atoms with Crippen LogP contribution < -0.4 is 0 Å². The number of carbonyl (C=O) groups is 4. The average molecular weight is 451 g/mol. The lowest BCUT2D eigenvalue weighted by atomic mass is 9.98. The molecule has 0 bridgehead atoms. The fraction of sp³-hybridized carbons (Fsp3) is 0.846. The Balaban J connectivity index is 1.23. The first-order valence-electron chi connectivity index (χ1n) is 13.1. The van der Waals surface area contributed by atoms with Crippen molar-refractivity contribution in [2.24, 2.45) is 11.8 Å². The van der Waals surface area contributed by atoms with Crippen LogP contribution in [0.3, 0.4) is 0 Å². The molecular formula is C26H42O6. The van der Waals surface area contributed by atoms with Crippen LogP contribution in [0.25, 0.3) is 0 Å². The molecule has 0 radical (unpaired) electrons. The van der Waals surface area contributed by atoms with Crippen molar-refractivity contribution in [3.05, 3.63) is 0 Å². The van der Waals surface area contributed by atoms with Crippen LogP contribution in [-0.4, -0.2) is 23.9 Å². The van der Waals surface area contributed by atoms with Gasteiger partial charge in [0.05, 0.1) is 24.7 Å². The predicted octanol–water partition coefficient (Wildman–Crippen LogP) is 6.19. The van der Waals surface area contributed by atoms with Crippen LogP contribution in [0.15, 0.2) is 0 Å². The first-order chi connectivity index (χ1) is 15.6. The summed E-state index contributed by atoms with van der Waals surface area (Å²) in [5, 5.41) is 0. The van der Waals surface area contributed by atoms with Gasteiger partial charge in [0.1, 0.15) is 0 Å². The number of hydrogen-bond acceptors (Lipinski definition) is 6. The molecule has 2 rings (SSSR count). The summed E-state index contributed by atoms with van der Waals surface area (Å²) in [4.78, 5) is 44.8. The number of ether oxygens (including phenoxy) is 2. The highest BCUT2D eigenvalue weighted by atomic mass is 16.6. The molecule has 0 saturated carbocycles. The summed E-state index contributed by atoms with van der Waals surface area (Å²) < 4.78 is 9.16. The van der Waals surface area contributed by atoms with E-state index in [1.54, 1.807) is 0 Å². The van der Waals surface area contributed by atoms with Gasteiger partial charge in [0.25, 0.3) is 0 Å². The second-order valence-corrected chi connectivity index (χ2v) is 9.62. The molecular weight excluding hydrogens is 408 g/mol. The molecule has 2 atom stereocenters. The number of unbranched alkanes of at least 4 members (excludes halogenated alkanes) is 15. The van der Waals surface area contributed by atoms with Crippen molar-refractivity contribution in [2.75, 3.05) is 0 Å². The van der Waals surface area contributed by atoms with Gasteiger partial charge in [-0.15, -0.1) is 0 Å². The molecule has 0 aromatic heterocycles. The third-order valence-corrected chi connectivity index (χ3v) is 6.78. The van der Waals surface area contributed by atoms with Gasteiger partial charge >= 0.3 is 23.9 Å². The molecule has 2 aliphatic heterocycles. The molecule has 182 valence electrons. The molecule has 0 N–H and O–H groups in total. The SMILES string of the molecule is O=C1CC(CCCCCCCCCCCCCCCCCCC2CC(=O)OC2=O)C(=O)O1. The lowest BCUT2D eigenvalue weighted by Gasteiger charge is -2.05.